The Labute approximate surface area is 234 Å². The number of alkyl halides is 2. The van der Waals surface area contributed by atoms with E-state index in [2.05, 4.69) is 20.5 Å². The van der Waals surface area contributed by atoms with Crippen LogP contribution in [-0.2, 0) is 9.53 Å². The minimum absolute atomic E-state index is 0.0946. The number of pyridine rings is 1. The fourth-order valence-corrected chi connectivity index (χ4v) is 5.49. The summed E-state index contributed by atoms with van der Waals surface area (Å²) in [6.45, 7) is 3.97. The molecule has 3 fully saturated rings. The Hall–Kier alpha value is -3.84. The zero-order chi connectivity index (χ0) is 29.7. The molecule has 41 heavy (non-hydrogen) atoms. The molecule has 2 aromatic heterocycles. The Morgan fingerprint density at radius 2 is 1.93 bits per heavy atom. The van der Waals surface area contributed by atoms with Crippen molar-refractivity contribution in [2.24, 2.45) is 5.92 Å². The summed E-state index contributed by atoms with van der Waals surface area (Å²) in [5.74, 6) is -5.17. The van der Waals surface area contributed by atoms with E-state index in [0.717, 1.165) is 11.1 Å². The third kappa shape index (κ3) is 5.82. The van der Waals surface area contributed by atoms with Crippen LogP contribution in [0, 0.1) is 11.7 Å². The van der Waals surface area contributed by atoms with E-state index in [4.69, 9.17) is 9.47 Å². The van der Waals surface area contributed by atoms with Crippen LogP contribution in [0.1, 0.15) is 56.9 Å². The molecule has 1 saturated carbocycles. The number of amides is 3. The molecule has 0 aromatic carbocycles. The molecule has 11 nitrogen and oxygen atoms in total. The lowest BCUT2D eigenvalue weighted by Crippen LogP contribution is -2.54. The molecule has 0 bridgehead atoms. The number of H-pyrrole nitrogens is 1. The van der Waals surface area contributed by atoms with Crippen molar-refractivity contribution < 1.29 is 37.0 Å². The van der Waals surface area contributed by atoms with Crippen molar-refractivity contribution in [2.45, 2.75) is 69.6 Å². The Morgan fingerprint density at radius 3 is 2.59 bits per heavy atom. The van der Waals surface area contributed by atoms with Gasteiger partial charge in [-0.05, 0) is 52.5 Å². The van der Waals surface area contributed by atoms with Crippen molar-refractivity contribution in [3.05, 3.63) is 29.8 Å². The van der Waals surface area contributed by atoms with E-state index in [-0.39, 0.29) is 48.2 Å². The third-order valence-electron chi connectivity index (χ3n) is 7.75. The van der Waals surface area contributed by atoms with Gasteiger partial charge in [-0.2, -0.15) is 5.10 Å². The van der Waals surface area contributed by atoms with Gasteiger partial charge in [0.1, 0.15) is 11.6 Å². The van der Waals surface area contributed by atoms with Gasteiger partial charge in [0.25, 0.3) is 11.8 Å². The largest absolute Gasteiger partial charge is 0.481 e. The molecule has 1 unspecified atom stereocenters. The minimum atomic E-state index is -3.31. The van der Waals surface area contributed by atoms with Crippen LogP contribution in [0.25, 0.3) is 11.3 Å². The first-order valence-corrected chi connectivity index (χ1v) is 13.4. The molecule has 0 radical (unpaired) electrons. The summed E-state index contributed by atoms with van der Waals surface area (Å²) in [5.41, 5.74) is -0.880. The lowest BCUT2D eigenvalue weighted by Gasteiger charge is -2.39. The summed E-state index contributed by atoms with van der Waals surface area (Å²) in [7, 11) is 1.41. The number of methoxy groups -OCH3 is 1. The van der Waals surface area contributed by atoms with Crippen LogP contribution in [0.15, 0.2) is 18.3 Å². The zero-order valence-electron chi connectivity index (χ0n) is 23.3. The van der Waals surface area contributed by atoms with Gasteiger partial charge in [0.05, 0.1) is 32.1 Å². The van der Waals surface area contributed by atoms with Crippen LogP contribution in [0.2, 0.25) is 0 Å². The second kappa shape index (κ2) is 10.2. The van der Waals surface area contributed by atoms with Gasteiger partial charge in [0.15, 0.2) is 11.5 Å². The van der Waals surface area contributed by atoms with E-state index in [1.54, 1.807) is 25.7 Å². The monoisotopic (exact) mass is 578 g/mol. The van der Waals surface area contributed by atoms with Crippen molar-refractivity contribution in [1.82, 2.24) is 30.3 Å². The van der Waals surface area contributed by atoms with Crippen LogP contribution in [0.3, 0.4) is 0 Å². The first-order valence-electron chi connectivity index (χ1n) is 13.4. The van der Waals surface area contributed by atoms with Crippen molar-refractivity contribution in [2.75, 3.05) is 26.7 Å². The van der Waals surface area contributed by atoms with Crippen LogP contribution in [-0.4, -0.2) is 92.7 Å². The summed E-state index contributed by atoms with van der Waals surface area (Å²) in [4.78, 5) is 45.2. The highest BCUT2D eigenvalue weighted by molar-refractivity contribution is 5.94. The Bertz CT molecular complexity index is 1360. The fraction of sp³-hybridized carbons (Fsp3) is 0.593. The Balaban J connectivity index is 1.22. The van der Waals surface area contributed by atoms with Gasteiger partial charge in [-0.1, -0.05) is 0 Å². The number of ether oxygens (including phenoxy) is 2. The van der Waals surface area contributed by atoms with Gasteiger partial charge in [-0.15, -0.1) is 0 Å². The maximum absolute atomic E-state index is 14.7. The summed E-state index contributed by atoms with van der Waals surface area (Å²) in [6, 6.07) is 1.31. The van der Waals surface area contributed by atoms with Gasteiger partial charge >= 0.3 is 6.09 Å². The number of piperidine rings is 1. The number of hydrogen-bond acceptors (Lipinski definition) is 7. The van der Waals surface area contributed by atoms with Crippen LogP contribution < -0.4 is 10.1 Å². The summed E-state index contributed by atoms with van der Waals surface area (Å²) >= 11 is 0. The molecule has 3 amide bonds. The van der Waals surface area contributed by atoms with Gasteiger partial charge in [0.2, 0.25) is 11.8 Å². The molecule has 2 atom stereocenters. The van der Waals surface area contributed by atoms with E-state index in [9.17, 15) is 27.6 Å². The molecule has 2 aromatic rings. The molecule has 1 aliphatic carbocycles. The number of aromatic nitrogens is 3. The predicted molar refractivity (Wildman–Crippen MR) is 139 cm³/mol. The Kier molecular flexibility index (Phi) is 7.14. The highest BCUT2D eigenvalue weighted by Crippen LogP contribution is 2.50. The van der Waals surface area contributed by atoms with Gasteiger partial charge < -0.3 is 19.7 Å². The SMILES string of the molecule is COc1cc(-c2cc(C(=O)N3CC[C@H](C(=O)NC4CN(C(=O)OC(C)(C)C)CC4(F)F)CC34CC4)n[nH]2)c(F)cn1. The molecule has 2 N–H and O–H groups in total. The smallest absolute Gasteiger partial charge is 0.410 e. The van der Waals surface area contributed by atoms with Gasteiger partial charge in [-0.25, -0.2) is 22.9 Å². The minimum Gasteiger partial charge on any atom is -0.481 e. The predicted octanol–water partition coefficient (Wildman–Crippen LogP) is 3.38. The maximum Gasteiger partial charge on any atom is 0.410 e. The van der Waals surface area contributed by atoms with Crippen molar-refractivity contribution in [3.63, 3.8) is 0 Å². The second-order valence-electron chi connectivity index (χ2n) is 11.9. The van der Waals surface area contributed by atoms with Crippen molar-refractivity contribution >= 4 is 17.9 Å². The highest BCUT2D eigenvalue weighted by Gasteiger charge is 2.56. The van der Waals surface area contributed by atoms with Gasteiger partial charge in [-0.3, -0.25) is 19.6 Å². The number of nitrogens with zero attached hydrogens (tertiary/aromatic N) is 4. The molecule has 14 heteroatoms. The van der Waals surface area contributed by atoms with E-state index in [0.29, 0.717) is 19.3 Å². The molecular formula is C27H33F3N6O5. The average molecular weight is 579 g/mol. The van der Waals surface area contributed by atoms with Gasteiger partial charge in [0, 0.05) is 29.6 Å². The highest BCUT2D eigenvalue weighted by atomic mass is 19.3. The molecule has 2 saturated heterocycles. The number of rotatable bonds is 5. The fourth-order valence-electron chi connectivity index (χ4n) is 5.49. The molecule has 4 heterocycles. The number of carbonyl (C=O) groups is 3. The number of aromatic amines is 1. The number of nitrogens with one attached hydrogen (secondary N) is 2. The first-order chi connectivity index (χ1) is 19.2. The summed E-state index contributed by atoms with van der Waals surface area (Å²) in [6.07, 6.45) is 2.10. The second-order valence-corrected chi connectivity index (χ2v) is 11.9. The van der Waals surface area contributed by atoms with E-state index < -0.39 is 53.4 Å². The van der Waals surface area contributed by atoms with E-state index in [1.807, 2.05) is 0 Å². The number of carbonyl (C=O) groups excluding carboxylic acids is 3. The molecule has 2 aliphatic heterocycles. The normalized spacial score (nSPS) is 22.9. The summed E-state index contributed by atoms with van der Waals surface area (Å²) in [5, 5.41) is 9.23. The van der Waals surface area contributed by atoms with Crippen LogP contribution in [0.5, 0.6) is 5.88 Å². The summed E-state index contributed by atoms with van der Waals surface area (Å²) < 4.78 is 54.1. The maximum atomic E-state index is 14.7. The van der Waals surface area contributed by atoms with Crippen molar-refractivity contribution in [1.29, 1.82) is 0 Å². The molecule has 5 rings (SSSR count). The zero-order valence-corrected chi connectivity index (χ0v) is 23.3. The Morgan fingerprint density at radius 1 is 1.20 bits per heavy atom. The van der Waals surface area contributed by atoms with E-state index in [1.165, 1.54) is 19.2 Å². The number of halogens is 3. The van der Waals surface area contributed by atoms with Crippen LogP contribution in [0.4, 0.5) is 18.0 Å². The van der Waals surface area contributed by atoms with Crippen LogP contribution >= 0.6 is 0 Å². The number of hydrogen-bond donors (Lipinski definition) is 2. The lowest BCUT2D eigenvalue weighted by atomic mass is 9.87. The molecule has 1 spiro atoms. The first kappa shape index (κ1) is 28.7. The standard InChI is InChI=1S/C27H33F3N6O5/c1-25(2,3)41-24(39)35-13-20(27(29,30)14-35)32-22(37)15-5-8-36(26(11-15)6-7-26)23(38)19-10-18(33-34-19)16-9-21(40-4)31-12-17(16)28/h9-10,12,15,20H,5-8,11,13-14H2,1-4H3,(H,32,37)(H,33,34)/t15-,20?/m0/s1. The molecule has 222 valence electrons. The van der Waals surface area contributed by atoms with E-state index >= 15 is 0 Å². The quantitative estimate of drug-likeness (QED) is 0.557. The lowest BCUT2D eigenvalue weighted by molar-refractivity contribution is -0.130. The third-order valence-corrected chi connectivity index (χ3v) is 7.75. The van der Waals surface area contributed by atoms with Crippen molar-refractivity contribution in [3.8, 4) is 17.1 Å². The topological polar surface area (TPSA) is 130 Å². The molecular weight excluding hydrogens is 545 g/mol. The number of likely N-dealkylation sites (tertiary alicyclic amines) is 2. The average Bonchev–Trinajstić information content (AvgIpc) is 3.34. The molecule has 3 aliphatic rings.